The Balaban J connectivity index is 1.90. The largest absolute Gasteiger partial charge is 0.328 e. The maximum absolute atomic E-state index is 12.2. The Morgan fingerprint density at radius 1 is 1.37 bits per heavy atom. The second-order valence-corrected chi connectivity index (χ2v) is 8.61. The molecule has 10 heteroatoms. The van der Waals surface area contributed by atoms with Gasteiger partial charge < -0.3 is 9.13 Å². The predicted molar refractivity (Wildman–Crippen MR) is 104 cm³/mol. The first kappa shape index (κ1) is 19.5. The van der Waals surface area contributed by atoms with E-state index in [2.05, 4.69) is 9.98 Å². The number of hydrogen-bond acceptors (Lipinski definition) is 5. The van der Waals surface area contributed by atoms with Crippen molar-refractivity contribution in [2.45, 2.75) is 37.6 Å². The van der Waals surface area contributed by atoms with Crippen molar-refractivity contribution >= 4 is 38.3 Å². The zero-order valence-electron chi connectivity index (χ0n) is 15.1. The summed E-state index contributed by atoms with van der Waals surface area (Å²) in [6, 6.07) is 4.66. The molecule has 0 radical (unpaired) electrons. The molecule has 144 valence electrons. The monoisotopic (exact) mass is 407 g/mol. The van der Waals surface area contributed by atoms with Crippen LogP contribution in [0.3, 0.4) is 0 Å². The van der Waals surface area contributed by atoms with Gasteiger partial charge in [-0.2, -0.15) is 4.99 Å². The highest BCUT2D eigenvalue weighted by Crippen LogP contribution is 2.21. The summed E-state index contributed by atoms with van der Waals surface area (Å²) in [7, 11) is -1.95. The summed E-state index contributed by atoms with van der Waals surface area (Å²) in [5, 5.41) is 7.08. The summed E-state index contributed by atoms with van der Waals surface area (Å²) in [4.78, 5) is 21.5. The molecule has 0 aliphatic carbocycles. The number of carbonyl (C=O) groups excluding carboxylic acids is 1. The van der Waals surface area contributed by atoms with Gasteiger partial charge in [0.2, 0.25) is 15.9 Å². The molecule has 0 saturated heterocycles. The summed E-state index contributed by atoms with van der Waals surface area (Å²) < 4.78 is 27.0. The zero-order chi connectivity index (χ0) is 19.6. The average molecular weight is 408 g/mol. The van der Waals surface area contributed by atoms with E-state index < -0.39 is 10.0 Å². The van der Waals surface area contributed by atoms with Crippen LogP contribution in [-0.2, 0) is 34.8 Å². The number of aromatic nitrogens is 3. The summed E-state index contributed by atoms with van der Waals surface area (Å²) in [5.41, 5.74) is 1.38. The summed E-state index contributed by atoms with van der Waals surface area (Å²) in [5.74, 6) is 0.519. The molecular weight excluding hydrogens is 386 g/mol. The Morgan fingerprint density at radius 3 is 2.78 bits per heavy atom. The number of aryl methyl sites for hydroxylation is 3. The van der Waals surface area contributed by atoms with E-state index in [4.69, 9.17) is 5.14 Å². The van der Waals surface area contributed by atoms with Crippen LogP contribution in [-0.4, -0.2) is 28.4 Å². The van der Waals surface area contributed by atoms with Gasteiger partial charge in [-0.25, -0.2) is 18.5 Å². The van der Waals surface area contributed by atoms with E-state index in [0.29, 0.717) is 16.7 Å². The molecule has 0 aliphatic heterocycles. The van der Waals surface area contributed by atoms with E-state index in [1.165, 1.54) is 23.5 Å². The van der Waals surface area contributed by atoms with Gasteiger partial charge in [0.1, 0.15) is 5.82 Å². The Kier molecular flexibility index (Phi) is 5.59. The number of primary sulfonamides is 1. The first-order valence-corrected chi connectivity index (χ1v) is 10.9. The minimum Gasteiger partial charge on any atom is -0.328 e. The molecule has 0 unspecified atom stereocenters. The highest BCUT2D eigenvalue weighted by Gasteiger charge is 2.15. The highest BCUT2D eigenvalue weighted by atomic mass is 32.2. The molecule has 2 N–H and O–H groups in total. The molecular formula is C17H21N5O3S2. The quantitative estimate of drug-likeness (QED) is 0.668. The molecule has 0 bridgehead atoms. The van der Waals surface area contributed by atoms with E-state index in [1.54, 1.807) is 10.6 Å². The normalized spacial score (nSPS) is 12.8. The fraction of sp³-hybridized carbons (Fsp3) is 0.353. The van der Waals surface area contributed by atoms with Crippen LogP contribution in [0.1, 0.15) is 25.6 Å². The molecule has 3 aromatic rings. The van der Waals surface area contributed by atoms with Gasteiger partial charge in [0.05, 0.1) is 15.9 Å². The lowest BCUT2D eigenvalue weighted by Crippen LogP contribution is -2.13. The molecule has 0 saturated carbocycles. The topological polar surface area (TPSA) is 112 Å². The van der Waals surface area contributed by atoms with Crippen LogP contribution in [0.15, 0.2) is 39.7 Å². The van der Waals surface area contributed by atoms with Crippen molar-refractivity contribution in [3.63, 3.8) is 0 Å². The third-order valence-corrected chi connectivity index (χ3v) is 5.88. The fourth-order valence-electron chi connectivity index (χ4n) is 2.82. The Morgan fingerprint density at radius 2 is 2.15 bits per heavy atom. The van der Waals surface area contributed by atoms with Gasteiger partial charge in [0.25, 0.3) is 0 Å². The van der Waals surface area contributed by atoms with Gasteiger partial charge in [-0.1, -0.05) is 6.92 Å². The molecule has 8 nitrogen and oxygen atoms in total. The molecule has 0 spiro atoms. The number of sulfonamides is 1. The zero-order valence-corrected chi connectivity index (χ0v) is 16.8. The lowest BCUT2D eigenvalue weighted by molar-refractivity contribution is -0.118. The number of thiazole rings is 1. The van der Waals surface area contributed by atoms with Crippen molar-refractivity contribution in [2.24, 2.45) is 17.2 Å². The standard InChI is InChI=1S/C17H21N5O3S2/c1-3-8-22-14-5-4-12(27(18,24)25)11-13(14)19-15(22)6-7-16(23)20-17-21(2)9-10-26-17/h4-5,9-11H,3,6-8H2,1-2H3,(H2,18,24,25). The molecule has 3 rings (SSSR count). The van der Waals surface area contributed by atoms with E-state index >= 15 is 0 Å². The number of benzene rings is 1. The van der Waals surface area contributed by atoms with E-state index in [9.17, 15) is 13.2 Å². The predicted octanol–water partition coefficient (Wildman–Crippen LogP) is 1.55. The lowest BCUT2D eigenvalue weighted by atomic mass is 10.3. The number of amides is 1. The Labute approximate surface area is 161 Å². The molecule has 1 amide bonds. The summed E-state index contributed by atoms with van der Waals surface area (Å²) in [6.45, 7) is 2.78. The number of nitrogens with two attached hydrogens (primary N) is 1. The Bertz CT molecular complexity index is 1150. The van der Waals surface area contributed by atoms with Crippen LogP contribution < -0.4 is 9.94 Å². The van der Waals surface area contributed by atoms with Gasteiger partial charge in [0, 0.05) is 38.0 Å². The van der Waals surface area contributed by atoms with Crippen molar-refractivity contribution in [1.82, 2.24) is 14.1 Å². The summed E-state index contributed by atoms with van der Waals surface area (Å²) >= 11 is 1.40. The molecule has 0 aliphatic rings. The number of fused-ring (bicyclic) bond motifs is 1. The molecule has 2 heterocycles. The third kappa shape index (κ3) is 4.34. The van der Waals surface area contributed by atoms with Gasteiger partial charge in [-0.15, -0.1) is 11.3 Å². The average Bonchev–Trinajstić information content (AvgIpc) is 3.16. The number of imidazole rings is 1. The van der Waals surface area contributed by atoms with Crippen molar-refractivity contribution in [1.29, 1.82) is 0 Å². The molecule has 0 atom stereocenters. The SMILES string of the molecule is CCCn1c(CCC(=O)N=c2sccn2C)nc2cc(S(N)(=O)=O)ccc21. The first-order valence-electron chi connectivity index (χ1n) is 8.49. The number of nitrogens with zero attached hydrogens (tertiary/aromatic N) is 4. The van der Waals surface area contributed by atoms with Gasteiger partial charge in [-0.05, 0) is 24.6 Å². The van der Waals surface area contributed by atoms with Crippen LogP contribution in [0.25, 0.3) is 11.0 Å². The van der Waals surface area contributed by atoms with E-state index in [1.807, 2.05) is 30.1 Å². The van der Waals surface area contributed by atoms with Crippen LogP contribution in [0, 0.1) is 0 Å². The van der Waals surface area contributed by atoms with Crippen molar-refractivity contribution < 1.29 is 13.2 Å². The van der Waals surface area contributed by atoms with Gasteiger partial charge in [-0.3, -0.25) is 4.79 Å². The fourth-order valence-corrected chi connectivity index (χ4v) is 4.10. The van der Waals surface area contributed by atoms with Crippen molar-refractivity contribution in [2.75, 3.05) is 0 Å². The van der Waals surface area contributed by atoms with Crippen LogP contribution in [0.4, 0.5) is 0 Å². The smallest absolute Gasteiger partial charge is 0.248 e. The molecule has 1 aromatic carbocycles. The van der Waals surface area contributed by atoms with E-state index in [0.717, 1.165) is 24.3 Å². The minimum atomic E-state index is -3.79. The highest BCUT2D eigenvalue weighted by molar-refractivity contribution is 7.89. The maximum atomic E-state index is 12.2. The molecule has 0 fully saturated rings. The minimum absolute atomic E-state index is 0.0268. The van der Waals surface area contributed by atoms with Crippen LogP contribution in [0.2, 0.25) is 0 Å². The van der Waals surface area contributed by atoms with E-state index in [-0.39, 0.29) is 17.2 Å². The van der Waals surface area contributed by atoms with Crippen molar-refractivity contribution in [3.05, 3.63) is 40.4 Å². The maximum Gasteiger partial charge on any atom is 0.248 e. The van der Waals surface area contributed by atoms with Crippen LogP contribution >= 0.6 is 11.3 Å². The number of hydrogen-bond donors (Lipinski definition) is 1. The summed E-state index contributed by atoms with van der Waals surface area (Å²) in [6.07, 6.45) is 3.39. The second kappa shape index (κ2) is 7.75. The molecule has 27 heavy (non-hydrogen) atoms. The van der Waals surface area contributed by atoms with Crippen LogP contribution in [0.5, 0.6) is 0 Å². The number of carbonyl (C=O) groups is 1. The Hall–Kier alpha value is -2.30. The van der Waals surface area contributed by atoms with Gasteiger partial charge in [0.15, 0.2) is 4.80 Å². The lowest BCUT2D eigenvalue weighted by Gasteiger charge is -2.07. The first-order chi connectivity index (χ1) is 12.8. The second-order valence-electron chi connectivity index (χ2n) is 6.18. The van der Waals surface area contributed by atoms with Gasteiger partial charge >= 0.3 is 0 Å². The molecule has 2 aromatic heterocycles. The third-order valence-electron chi connectivity index (χ3n) is 4.12. The van der Waals surface area contributed by atoms with Crippen molar-refractivity contribution in [3.8, 4) is 0 Å². The number of rotatable bonds is 6.